The quantitative estimate of drug-likeness (QED) is 0.0320. The van der Waals surface area contributed by atoms with E-state index in [1.807, 2.05) is 0 Å². The highest BCUT2D eigenvalue weighted by Gasteiger charge is 2.20. The van der Waals surface area contributed by atoms with Gasteiger partial charge in [0.1, 0.15) is 0 Å². The van der Waals surface area contributed by atoms with Gasteiger partial charge in [0.15, 0.2) is 0 Å². The minimum atomic E-state index is -0.661. The van der Waals surface area contributed by atoms with E-state index in [1.54, 1.807) is 0 Å². The summed E-state index contributed by atoms with van der Waals surface area (Å²) in [4.78, 5) is 24.6. The van der Waals surface area contributed by atoms with Gasteiger partial charge in [0, 0.05) is 12.8 Å². The van der Waals surface area contributed by atoms with E-state index in [9.17, 15) is 19.8 Å². The number of allylic oxidation sites excluding steroid dienone is 2. The van der Waals surface area contributed by atoms with Crippen LogP contribution in [0.25, 0.3) is 0 Å². The second kappa shape index (κ2) is 71.1. The maximum absolute atomic E-state index is 12.5. The van der Waals surface area contributed by atoms with Gasteiger partial charge in [-0.2, -0.15) is 0 Å². The highest BCUT2D eigenvalue weighted by Crippen LogP contribution is 2.20. The number of unbranched alkanes of at least 4 members (excludes halogenated alkanes) is 58. The number of hydrogen-bond acceptors (Lipinski definition) is 5. The zero-order valence-corrected chi connectivity index (χ0v) is 55.3. The molecule has 0 aromatic heterocycles. The molecule has 1 amide bonds. The number of rotatable bonds is 71. The lowest BCUT2D eigenvalue weighted by molar-refractivity contribution is -0.143. The summed E-state index contributed by atoms with van der Waals surface area (Å²) in [5.74, 6) is -0.0122. The molecule has 0 fully saturated rings. The number of esters is 1. The van der Waals surface area contributed by atoms with Crippen molar-refractivity contribution in [3.8, 4) is 0 Å². The molecule has 0 aliphatic heterocycles. The van der Waals surface area contributed by atoms with Gasteiger partial charge in [0.25, 0.3) is 0 Å². The summed E-state index contributed by atoms with van der Waals surface area (Å²) < 4.78 is 5.49. The Hall–Kier alpha value is -1.40. The van der Waals surface area contributed by atoms with Crippen molar-refractivity contribution < 1.29 is 24.5 Å². The number of carbonyl (C=O) groups is 2. The Morgan fingerprint density at radius 2 is 0.580 bits per heavy atom. The minimum Gasteiger partial charge on any atom is -0.466 e. The number of aliphatic hydroxyl groups excluding tert-OH is 2. The Kier molecular flexibility index (Phi) is 69.9. The van der Waals surface area contributed by atoms with E-state index in [2.05, 4.69) is 31.3 Å². The molecule has 2 unspecified atom stereocenters. The number of hydrogen-bond donors (Lipinski definition) is 3. The first-order valence-corrected chi connectivity index (χ1v) is 37.4. The highest BCUT2D eigenvalue weighted by molar-refractivity contribution is 5.76. The topological polar surface area (TPSA) is 95.9 Å². The molecular formula is C75H147NO5. The largest absolute Gasteiger partial charge is 0.466 e. The predicted molar refractivity (Wildman–Crippen MR) is 357 cm³/mol. The molecule has 0 aliphatic carbocycles. The molecule has 482 valence electrons. The third-order valence-electron chi connectivity index (χ3n) is 17.8. The van der Waals surface area contributed by atoms with E-state index in [0.717, 1.165) is 44.9 Å². The van der Waals surface area contributed by atoms with Gasteiger partial charge < -0.3 is 20.3 Å². The molecule has 0 aliphatic rings. The molecule has 3 N–H and O–H groups in total. The van der Waals surface area contributed by atoms with Crippen molar-refractivity contribution in [2.45, 2.75) is 443 Å². The van der Waals surface area contributed by atoms with Crippen LogP contribution in [0.5, 0.6) is 0 Å². The molecule has 0 aromatic carbocycles. The third-order valence-corrected chi connectivity index (χ3v) is 17.8. The van der Waals surface area contributed by atoms with Crippen molar-refractivity contribution in [3.63, 3.8) is 0 Å². The van der Waals surface area contributed by atoms with Crippen molar-refractivity contribution in [3.05, 3.63) is 12.2 Å². The Balaban J connectivity index is 3.31. The van der Waals surface area contributed by atoms with E-state index in [-0.39, 0.29) is 18.5 Å². The van der Waals surface area contributed by atoms with Crippen LogP contribution < -0.4 is 5.32 Å². The van der Waals surface area contributed by atoms with Crippen LogP contribution in [0.1, 0.15) is 431 Å². The van der Waals surface area contributed by atoms with E-state index < -0.39 is 12.1 Å². The van der Waals surface area contributed by atoms with Crippen LogP contribution in [0.3, 0.4) is 0 Å². The first-order valence-electron chi connectivity index (χ1n) is 37.4. The van der Waals surface area contributed by atoms with E-state index in [4.69, 9.17) is 4.74 Å². The van der Waals surface area contributed by atoms with Crippen LogP contribution in [-0.2, 0) is 14.3 Å². The maximum atomic E-state index is 12.5. The standard InChI is InChI=1S/C75H147NO5/c1-3-5-7-9-11-13-15-17-18-19-37-40-44-47-51-55-59-63-67-73(78)72(71-77)76-74(79)68-64-60-56-52-48-45-41-38-35-33-31-29-27-25-23-21-20-22-24-26-28-30-32-34-36-39-42-46-50-54-58-62-66-70-81-75(80)69-65-61-57-53-49-43-16-14-12-10-8-6-4-2/h14,16,72-73,77-78H,3-13,15,17-71H2,1-2H3,(H,76,79)/b16-14-. The molecule has 0 aromatic rings. The van der Waals surface area contributed by atoms with Crippen LogP contribution in [0.15, 0.2) is 12.2 Å². The summed E-state index contributed by atoms with van der Waals surface area (Å²) in [6.45, 7) is 4.98. The summed E-state index contributed by atoms with van der Waals surface area (Å²) in [6.07, 6.45) is 88.6. The average Bonchev–Trinajstić information content (AvgIpc) is 3.47. The van der Waals surface area contributed by atoms with Crippen LogP contribution in [0, 0.1) is 0 Å². The Morgan fingerprint density at radius 1 is 0.333 bits per heavy atom. The fourth-order valence-electron chi connectivity index (χ4n) is 12.1. The Labute approximate surface area is 508 Å². The van der Waals surface area contributed by atoms with Crippen LogP contribution in [-0.4, -0.2) is 47.4 Å². The molecule has 6 heteroatoms. The van der Waals surface area contributed by atoms with Gasteiger partial charge in [0.05, 0.1) is 25.4 Å². The summed E-state index contributed by atoms with van der Waals surface area (Å²) in [5.41, 5.74) is 0. The summed E-state index contributed by atoms with van der Waals surface area (Å²) >= 11 is 0. The lowest BCUT2D eigenvalue weighted by Crippen LogP contribution is -2.45. The highest BCUT2D eigenvalue weighted by atomic mass is 16.5. The van der Waals surface area contributed by atoms with Crippen LogP contribution in [0.4, 0.5) is 0 Å². The predicted octanol–water partition coefficient (Wildman–Crippen LogP) is 24.3. The van der Waals surface area contributed by atoms with Gasteiger partial charge in [-0.25, -0.2) is 0 Å². The molecule has 81 heavy (non-hydrogen) atoms. The first-order chi connectivity index (χ1) is 40.0. The molecule has 0 radical (unpaired) electrons. The van der Waals surface area contributed by atoms with E-state index in [1.165, 1.54) is 353 Å². The van der Waals surface area contributed by atoms with Crippen molar-refractivity contribution in [1.82, 2.24) is 5.32 Å². The van der Waals surface area contributed by atoms with Gasteiger partial charge in [-0.1, -0.05) is 379 Å². The molecule has 0 heterocycles. The molecule has 0 rings (SSSR count). The normalized spacial score (nSPS) is 12.5. The van der Waals surface area contributed by atoms with Crippen molar-refractivity contribution >= 4 is 11.9 Å². The lowest BCUT2D eigenvalue weighted by atomic mass is 10.0. The van der Waals surface area contributed by atoms with Gasteiger partial charge in [-0.05, 0) is 51.4 Å². The number of nitrogens with one attached hydrogen (secondary N) is 1. The average molecular weight is 1140 g/mol. The molecular weight excluding hydrogens is 995 g/mol. The minimum absolute atomic E-state index is 0.0134. The Morgan fingerprint density at radius 3 is 0.889 bits per heavy atom. The van der Waals surface area contributed by atoms with Crippen molar-refractivity contribution in [2.24, 2.45) is 0 Å². The zero-order valence-electron chi connectivity index (χ0n) is 55.3. The lowest BCUT2D eigenvalue weighted by Gasteiger charge is -2.22. The molecule has 0 bridgehead atoms. The first kappa shape index (κ1) is 79.6. The monoisotopic (exact) mass is 1140 g/mol. The van der Waals surface area contributed by atoms with E-state index >= 15 is 0 Å². The maximum Gasteiger partial charge on any atom is 0.305 e. The molecule has 6 nitrogen and oxygen atoms in total. The number of ether oxygens (including phenoxy) is 1. The summed E-state index contributed by atoms with van der Waals surface area (Å²) in [5, 5.41) is 23.4. The van der Waals surface area contributed by atoms with Gasteiger partial charge in [0.2, 0.25) is 5.91 Å². The molecule has 0 spiro atoms. The SMILES string of the molecule is CCCCCC/C=C\CCCCCCCC(=O)OCCCCCCCCCCCCCCCCCCCCCCCCCCCCCCCCCCCC(=O)NC(CO)C(O)CCCCCCCCCCCCCCCCCCCC. The number of carbonyl (C=O) groups excluding carboxylic acids is 2. The summed E-state index contributed by atoms with van der Waals surface area (Å²) in [6, 6.07) is -0.537. The molecule has 0 saturated carbocycles. The zero-order chi connectivity index (χ0) is 58.5. The van der Waals surface area contributed by atoms with Gasteiger partial charge in [-0.3, -0.25) is 9.59 Å². The molecule has 2 atom stereocenters. The second-order valence-electron chi connectivity index (χ2n) is 26.0. The summed E-state index contributed by atoms with van der Waals surface area (Å²) in [7, 11) is 0. The third kappa shape index (κ3) is 67.6. The Bertz CT molecular complexity index is 1220. The molecule has 0 saturated heterocycles. The van der Waals surface area contributed by atoms with Crippen molar-refractivity contribution in [1.29, 1.82) is 0 Å². The smallest absolute Gasteiger partial charge is 0.305 e. The van der Waals surface area contributed by atoms with Crippen LogP contribution >= 0.6 is 0 Å². The number of aliphatic hydroxyl groups is 2. The van der Waals surface area contributed by atoms with Gasteiger partial charge in [-0.15, -0.1) is 0 Å². The fraction of sp³-hybridized carbons (Fsp3) is 0.947. The van der Waals surface area contributed by atoms with Crippen LogP contribution in [0.2, 0.25) is 0 Å². The second-order valence-corrected chi connectivity index (χ2v) is 26.0. The van der Waals surface area contributed by atoms with E-state index in [0.29, 0.717) is 25.9 Å². The van der Waals surface area contributed by atoms with Gasteiger partial charge >= 0.3 is 5.97 Å². The number of amides is 1. The van der Waals surface area contributed by atoms with Crippen molar-refractivity contribution in [2.75, 3.05) is 13.2 Å². The fourth-order valence-corrected chi connectivity index (χ4v) is 12.1.